The van der Waals surface area contributed by atoms with Crippen LogP contribution in [-0.2, 0) is 4.74 Å². The van der Waals surface area contributed by atoms with Crippen molar-refractivity contribution in [3.05, 3.63) is 35.5 Å². The van der Waals surface area contributed by atoms with Crippen LogP contribution in [0.1, 0.15) is 13.3 Å². The molecule has 5 nitrogen and oxygen atoms in total. The predicted molar refractivity (Wildman–Crippen MR) is 84.4 cm³/mol. The van der Waals surface area contributed by atoms with E-state index >= 15 is 0 Å². The Balaban J connectivity index is 1.79. The molecule has 0 unspecified atom stereocenters. The van der Waals surface area contributed by atoms with Crippen LogP contribution in [0.2, 0.25) is 5.15 Å². The van der Waals surface area contributed by atoms with Crippen LogP contribution in [0.3, 0.4) is 0 Å². The summed E-state index contributed by atoms with van der Waals surface area (Å²) in [6.07, 6.45) is 0.286. The number of carbonyl (C=O) groups excluding carboxylic acids is 1. The molecule has 1 aliphatic heterocycles. The van der Waals surface area contributed by atoms with Crippen LogP contribution in [0.25, 0.3) is 10.9 Å². The minimum absolute atomic E-state index is 0.0737. The Morgan fingerprint density at radius 3 is 2.95 bits per heavy atom. The first-order valence-corrected chi connectivity index (χ1v) is 7.53. The third-order valence-electron chi connectivity index (χ3n) is 3.88. The molecule has 3 rings (SSSR count). The number of fused-ring (bicyclic) bond motifs is 1. The van der Waals surface area contributed by atoms with Gasteiger partial charge in [0.1, 0.15) is 6.10 Å². The van der Waals surface area contributed by atoms with Gasteiger partial charge in [0.05, 0.1) is 19.2 Å². The highest BCUT2D eigenvalue weighted by Crippen LogP contribution is 2.30. The van der Waals surface area contributed by atoms with E-state index in [0.717, 1.165) is 17.3 Å². The number of ether oxygens (including phenoxy) is 2. The third kappa shape index (κ3) is 2.81. The van der Waals surface area contributed by atoms with Crippen molar-refractivity contribution in [2.45, 2.75) is 25.5 Å². The van der Waals surface area contributed by atoms with Gasteiger partial charge < -0.3 is 14.4 Å². The molecule has 2 atom stereocenters. The van der Waals surface area contributed by atoms with Gasteiger partial charge in [-0.2, -0.15) is 0 Å². The van der Waals surface area contributed by atoms with Crippen LogP contribution < -0.4 is 4.74 Å². The lowest BCUT2D eigenvalue weighted by Crippen LogP contribution is -2.34. The van der Waals surface area contributed by atoms with Crippen LogP contribution in [-0.4, -0.2) is 41.8 Å². The zero-order chi connectivity index (χ0) is 15.7. The van der Waals surface area contributed by atoms with Crippen molar-refractivity contribution >= 4 is 28.6 Å². The van der Waals surface area contributed by atoms with Crippen molar-refractivity contribution < 1.29 is 14.3 Å². The number of amides is 1. The Kier molecular flexibility index (Phi) is 4.07. The maximum absolute atomic E-state index is 11.7. The number of hydrogen-bond donors (Lipinski definition) is 0. The lowest BCUT2D eigenvalue weighted by Gasteiger charge is -2.19. The van der Waals surface area contributed by atoms with Crippen LogP contribution in [0.4, 0.5) is 4.79 Å². The molecule has 0 spiro atoms. The minimum atomic E-state index is -0.332. The first-order valence-electron chi connectivity index (χ1n) is 7.15. The first-order chi connectivity index (χ1) is 10.6. The molecule has 22 heavy (non-hydrogen) atoms. The van der Waals surface area contributed by atoms with Crippen molar-refractivity contribution in [3.63, 3.8) is 0 Å². The number of hydrogen-bond acceptors (Lipinski definition) is 4. The number of nitrogens with zero attached hydrogens (tertiary/aromatic N) is 2. The minimum Gasteiger partial charge on any atom is -0.485 e. The van der Waals surface area contributed by atoms with Gasteiger partial charge in [-0.05, 0) is 19.1 Å². The zero-order valence-electron chi connectivity index (χ0n) is 12.5. The SMILES string of the molecule is COC(=O)N1C[C@H](Oc2cc3ccccc3nc2Cl)C[C@H]1C. The van der Waals surface area contributed by atoms with Crippen LogP contribution in [0, 0.1) is 0 Å². The van der Waals surface area contributed by atoms with E-state index in [0.29, 0.717) is 17.4 Å². The highest BCUT2D eigenvalue weighted by molar-refractivity contribution is 6.31. The Morgan fingerprint density at radius 2 is 2.18 bits per heavy atom. The molecule has 1 saturated heterocycles. The number of benzene rings is 1. The number of likely N-dealkylation sites (tertiary alicyclic amines) is 1. The second-order valence-electron chi connectivity index (χ2n) is 5.42. The molecule has 1 amide bonds. The fourth-order valence-electron chi connectivity index (χ4n) is 2.77. The summed E-state index contributed by atoms with van der Waals surface area (Å²) in [5.41, 5.74) is 0.829. The molecule has 1 aromatic heterocycles. The molecule has 0 radical (unpaired) electrons. The van der Waals surface area contributed by atoms with Gasteiger partial charge in [-0.3, -0.25) is 0 Å². The molecule has 1 fully saturated rings. The average Bonchev–Trinajstić information content (AvgIpc) is 2.88. The Labute approximate surface area is 133 Å². The lowest BCUT2D eigenvalue weighted by molar-refractivity contribution is 0.117. The van der Waals surface area contributed by atoms with Gasteiger partial charge in [0.25, 0.3) is 0 Å². The van der Waals surface area contributed by atoms with E-state index in [1.807, 2.05) is 37.3 Å². The molecule has 0 aliphatic carbocycles. The van der Waals surface area contributed by atoms with E-state index in [4.69, 9.17) is 21.1 Å². The molecule has 0 saturated carbocycles. The van der Waals surface area contributed by atoms with Crippen molar-refractivity contribution in [3.8, 4) is 5.75 Å². The van der Waals surface area contributed by atoms with Gasteiger partial charge in [-0.15, -0.1) is 0 Å². The lowest BCUT2D eigenvalue weighted by atomic mass is 10.2. The van der Waals surface area contributed by atoms with Crippen molar-refractivity contribution in [2.75, 3.05) is 13.7 Å². The summed E-state index contributed by atoms with van der Waals surface area (Å²) in [7, 11) is 1.38. The smallest absolute Gasteiger partial charge is 0.409 e. The number of rotatable bonds is 2. The van der Waals surface area contributed by atoms with Crippen LogP contribution in [0.15, 0.2) is 30.3 Å². The highest BCUT2D eigenvalue weighted by atomic mass is 35.5. The van der Waals surface area contributed by atoms with Crippen LogP contribution >= 0.6 is 11.6 Å². The topological polar surface area (TPSA) is 51.7 Å². The quantitative estimate of drug-likeness (QED) is 0.795. The Morgan fingerprint density at radius 1 is 1.41 bits per heavy atom. The number of methoxy groups -OCH3 is 1. The van der Waals surface area contributed by atoms with E-state index in [9.17, 15) is 4.79 Å². The first kappa shape index (κ1) is 14.9. The average molecular weight is 321 g/mol. The summed E-state index contributed by atoms with van der Waals surface area (Å²) in [6, 6.07) is 9.68. The normalized spacial score (nSPS) is 21.1. The van der Waals surface area contributed by atoms with E-state index in [-0.39, 0.29) is 18.2 Å². The molecule has 116 valence electrons. The molecule has 2 heterocycles. The van der Waals surface area contributed by atoms with E-state index in [1.54, 1.807) is 4.90 Å². The number of pyridine rings is 1. The second-order valence-corrected chi connectivity index (χ2v) is 5.78. The van der Waals surface area contributed by atoms with Crippen molar-refractivity contribution in [2.24, 2.45) is 0 Å². The van der Waals surface area contributed by atoms with Gasteiger partial charge in [0, 0.05) is 17.8 Å². The van der Waals surface area contributed by atoms with E-state index in [1.165, 1.54) is 7.11 Å². The summed E-state index contributed by atoms with van der Waals surface area (Å²) in [4.78, 5) is 17.7. The van der Waals surface area contributed by atoms with Crippen molar-refractivity contribution in [1.82, 2.24) is 9.88 Å². The van der Waals surface area contributed by atoms with E-state index < -0.39 is 0 Å². The zero-order valence-corrected chi connectivity index (χ0v) is 13.2. The maximum Gasteiger partial charge on any atom is 0.409 e. The van der Waals surface area contributed by atoms with Gasteiger partial charge in [-0.25, -0.2) is 9.78 Å². The van der Waals surface area contributed by atoms with Gasteiger partial charge in [0.15, 0.2) is 10.9 Å². The second kappa shape index (κ2) is 6.01. The third-order valence-corrected chi connectivity index (χ3v) is 4.16. The molecule has 0 bridgehead atoms. The number of carbonyl (C=O) groups is 1. The maximum atomic E-state index is 11.7. The molecule has 1 aromatic carbocycles. The number of para-hydroxylation sites is 1. The number of aromatic nitrogens is 1. The van der Waals surface area contributed by atoms with Gasteiger partial charge in [-0.1, -0.05) is 29.8 Å². The molecule has 2 aromatic rings. The fraction of sp³-hybridized carbons (Fsp3) is 0.375. The molecule has 0 N–H and O–H groups in total. The van der Waals surface area contributed by atoms with Gasteiger partial charge in [0.2, 0.25) is 0 Å². The Bertz CT molecular complexity index is 707. The molecule has 6 heteroatoms. The fourth-order valence-corrected chi connectivity index (χ4v) is 2.96. The summed E-state index contributed by atoms with van der Waals surface area (Å²) in [5, 5.41) is 1.31. The summed E-state index contributed by atoms with van der Waals surface area (Å²) < 4.78 is 10.7. The summed E-state index contributed by atoms with van der Waals surface area (Å²) >= 11 is 6.20. The molecule has 1 aliphatic rings. The van der Waals surface area contributed by atoms with Crippen LogP contribution in [0.5, 0.6) is 5.75 Å². The Hall–Kier alpha value is -2.01. The standard InChI is InChI=1S/C16H17ClN2O3/c1-10-7-12(9-19(10)16(20)21-2)22-14-8-11-5-3-4-6-13(11)18-15(14)17/h3-6,8,10,12H,7,9H2,1-2H3/t10-,12-/m1/s1. The highest BCUT2D eigenvalue weighted by Gasteiger charge is 2.34. The summed E-state index contributed by atoms with van der Waals surface area (Å²) in [6.45, 7) is 2.46. The monoisotopic (exact) mass is 320 g/mol. The van der Waals surface area contributed by atoms with E-state index in [2.05, 4.69) is 4.98 Å². The van der Waals surface area contributed by atoms with Gasteiger partial charge >= 0.3 is 6.09 Å². The predicted octanol–water partition coefficient (Wildman–Crippen LogP) is 3.50. The summed E-state index contributed by atoms with van der Waals surface area (Å²) in [5.74, 6) is 0.546. The molecular weight excluding hydrogens is 304 g/mol. The largest absolute Gasteiger partial charge is 0.485 e. The number of halogens is 1. The molecular formula is C16H17ClN2O3. The van der Waals surface area contributed by atoms with Crippen molar-refractivity contribution in [1.29, 1.82) is 0 Å².